The minimum Gasteiger partial charge on any atom is -0.383 e. The molecule has 0 aliphatic rings. The second-order valence-electron chi connectivity index (χ2n) is 4.19. The molecule has 1 unspecified atom stereocenters. The van der Waals surface area contributed by atoms with Crippen molar-refractivity contribution in [1.29, 1.82) is 0 Å². The second-order valence-corrected chi connectivity index (χ2v) is 4.60. The van der Waals surface area contributed by atoms with Crippen molar-refractivity contribution in [2.45, 2.75) is 13.0 Å². The van der Waals surface area contributed by atoms with Crippen molar-refractivity contribution < 1.29 is 18.3 Å². The minimum absolute atomic E-state index is 0.0339. The van der Waals surface area contributed by atoms with Crippen LogP contribution in [0, 0.1) is 24.4 Å². The summed E-state index contributed by atoms with van der Waals surface area (Å²) in [6.45, 7) is 1.44. The number of aliphatic hydroxyl groups excluding tert-OH is 1. The molecule has 2 rings (SSSR count). The molecular formula is C14H10ClF3O. The van der Waals surface area contributed by atoms with Crippen molar-refractivity contribution >= 4 is 11.6 Å². The zero-order valence-electron chi connectivity index (χ0n) is 9.92. The summed E-state index contributed by atoms with van der Waals surface area (Å²) in [5.74, 6) is -2.22. The first-order valence-electron chi connectivity index (χ1n) is 5.48. The standard InChI is InChI=1S/C14H10ClF3O/c1-7-4-10(13(18)6-12(7)17)14(19)9-5-8(16)2-3-11(9)15/h2-6,14,19H,1H3. The lowest BCUT2D eigenvalue weighted by Crippen LogP contribution is -2.05. The lowest BCUT2D eigenvalue weighted by Gasteiger charge is -2.15. The van der Waals surface area contributed by atoms with Gasteiger partial charge in [0.25, 0.3) is 0 Å². The number of hydrogen-bond donors (Lipinski definition) is 1. The Balaban J connectivity index is 2.52. The molecule has 0 aliphatic heterocycles. The molecule has 1 nitrogen and oxygen atoms in total. The highest BCUT2D eigenvalue weighted by Crippen LogP contribution is 2.31. The van der Waals surface area contributed by atoms with Gasteiger partial charge in [0.15, 0.2) is 0 Å². The van der Waals surface area contributed by atoms with Crippen LogP contribution in [0.2, 0.25) is 5.02 Å². The second kappa shape index (κ2) is 5.23. The van der Waals surface area contributed by atoms with E-state index in [1.807, 2.05) is 0 Å². The van der Waals surface area contributed by atoms with Crippen LogP contribution >= 0.6 is 11.6 Å². The molecule has 0 saturated carbocycles. The third-order valence-electron chi connectivity index (χ3n) is 2.83. The van der Waals surface area contributed by atoms with Crippen molar-refractivity contribution in [1.82, 2.24) is 0 Å². The predicted octanol–water partition coefficient (Wildman–Crippen LogP) is 4.15. The summed E-state index contributed by atoms with van der Waals surface area (Å²) >= 11 is 5.84. The van der Waals surface area contributed by atoms with E-state index in [2.05, 4.69) is 0 Å². The first-order chi connectivity index (χ1) is 8.90. The van der Waals surface area contributed by atoms with Gasteiger partial charge in [-0.2, -0.15) is 0 Å². The van der Waals surface area contributed by atoms with Crippen molar-refractivity contribution in [3.63, 3.8) is 0 Å². The maximum absolute atomic E-state index is 13.7. The van der Waals surface area contributed by atoms with E-state index in [0.29, 0.717) is 6.07 Å². The normalized spacial score (nSPS) is 12.5. The van der Waals surface area contributed by atoms with Gasteiger partial charge in [-0.05, 0) is 36.8 Å². The average molecular weight is 287 g/mol. The molecule has 0 amide bonds. The van der Waals surface area contributed by atoms with Crippen LogP contribution in [0.15, 0.2) is 30.3 Å². The Morgan fingerprint density at radius 2 is 1.68 bits per heavy atom. The Kier molecular flexibility index (Phi) is 3.83. The smallest absolute Gasteiger partial charge is 0.132 e. The van der Waals surface area contributed by atoms with Gasteiger partial charge in [-0.15, -0.1) is 0 Å². The molecule has 5 heteroatoms. The van der Waals surface area contributed by atoms with Gasteiger partial charge in [0.1, 0.15) is 23.6 Å². The topological polar surface area (TPSA) is 20.2 Å². The molecule has 2 aromatic rings. The van der Waals surface area contributed by atoms with Gasteiger partial charge in [0.2, 0.25) is 0 Å². The summed E-state index contributed by atoms with van der Waals surface area (Å²) in [4.78, 5) is 0. The first kappa shape index (κ1) is 13.9. The lowest BCUT2D eigenvalue weighted by molar-refractivity contribution is 0.214. The molecule has 0 fully saturated rings. The number of benzene rings is 2. The van der Waals surface area contributed by atoms with Crippen LogP contribution in [0.25, 0.3) is 0 Å². The molecule has 0 saturated heterocycles. The van der Waals surface area contributed by atoms with Crippen molar-refractivity contribution in [3.05, 3.63) is 69.5 Å². The molecule has 0 spiro atoms. The van der Waals surface area contributed by atoms with Crippen molar-refractivity contribution in [2.75, 3.05) is 0 Å². The van der Waals surface area contributed by atoms with E-state index in [1.165, 1.54) is 19.1 Å². The molecule has 19 heavy (non-hydrogen) atoms. The highest BCUT2D eigenvalue weighted by molar-refractivity contribution is 6.31. The fourth-order valence-corrected chi connectivity index (χ4v) is 2.00. The fraction of sp³-hybridized carbons (Fsp3) is 0.143. The van der Waals surface area contributed by atoms with E-state index in [9.17, 15) is 18.3 Å². The Labute approximate surface area is 113 Å². The monoisotopic (exact) mass is 286 g/mol. The van der Waals surface area contributed by atoms with Crippen LogP contribution in [-0.2, 0) is 0 Å². The SMILES string of the molecule is Cc1cc(C(O)c2cc(F)ccc2Cl)c(F)cc1F. The van der Waals surface area contributed by atoms with Gasteiger partial charge in [-0.1, -0.05) is 11.6 Å². The fourth-order valence-electron chi connectivity index (χ4n) is 1.78. The Hall–Kier alpha value is -1.52. The quantitative estimate of drug-likeness (QED) is 0.879. The summed E-state index contributed by atoms with van der Waals surface area (Å²) in [6.07, 6.45) is -1.46. The summed E-state index contributed by atoms with van der Waals surface area (Å²) in [7, 11) is 0. The minimum atomic E-state index is -1.46. The van der Waals surface area contributed by atoms with Gasteiger partial charge in [0, 0.05) is 22.2 Å². The Bertz CT molecular complexity index is 628. The largest absolute Gasteiger partial charge is 0.383 e. The number of halogens is 4. The third kappa shape index (κ3) is 2.74. The molecular weight excluding hydrogens is 277 g/mol. The molecule has 0 bridgehead atoms. The summed E-state index contributed by atoms with van der Waals surface area (Å²) in [5.41, 5.74) is 0.0703. The van der Waals surface area contributed by atoms with Crippen molar-refractivity contribution in [2.24, 2.45) is 0 Å². The maximum Gasteiger partial charge on any atom is 0.132 e. The van der Waals surface area contributed by atoms with Gasteiger partial charge in [0.05, 0.1) is 0 Å². The highest BCUT2D eigenvalue weighted by Gasteiger charge is 2.20. The predicted molar refractivity (Wildman–Crippen MR) is 66.6 cm³/mol. The maximum atomic E-state index is 13.7. The van der Waals surface area contributed by atoms with Crippen LogP contribution in [0.5, 0.6) is 0 Å². The van der Waals surface area contributed by atoms with Crippen LogP contribution < -0.4 is 0 Å². The van der Waals surface area contributed by atoms with Crippen LogP contribution in [-0.4, -0.2) is 5.11 Å². The molecule has 0 aliphatic carbocycles. The zero-order chi connectivity index (χ0) is 14.2. The molecule has 0 radical (unpaired) electrons. The van der Waals surface area contributed by atoms with E-state index in [-0.39, 0.29) is 21.7 Å². The van der Waals surface area contributed by atoms with Gasteiger partial charge in [-0.3, -0.25) is 0 Å². The number of hydrogen-bond acceptors (Lipinski definition) is 1. The summed E-state index contributed by atoms with van der Waals surface area (Å²) in [5, 5.41) is 10.2. The van der Waals surface area contributed by atoms with E-state index < -0.39 is 23.6 Å². The molecule has 1 N–H and O–H groups in total. The van der Waals surface area contributed by atoms with Gasteiger partial charge < -0.3 is 5.11 Å². The number of aryl methyl sites for hydroxylation is 1. The number of aliphatic hydroxyl groups is 1. The summed E-state index contributed by atoms with van der Waals surface area (Å²) < 4.78 is 40.0. The Morgan fingerprint density at radius 1 is 1.00 bits per heavy atom. The number of rotatable bonds is 2. The highest BCUT2D eigenvalue weighted by atomic mass is 35.5. The zero-order valence-corrected chi connectivity index (χ0v) is 10.7. The third-order valence-corrected chi connectivity index (χ3v) is 3.17. The van der Waals surface area contributed by atoms with Crippen LogP contribution in [0.4, 0.5) is 13.2 Å². The molecule has 1 atom stereocenters. The molecule has 2 aromatic carbocycles. The average Bonchev–Trinajstić information content (AvgIpc) is 2.36. The van der Waals surface area contributed by atoms with Crippen LogP contribution in [0.3, 0.4) is 0 Å². The molecule has 0 aromatic heterocycles. The lowest BCUT2D eigenvalue weighted by atomic mass is 9.99. The molecule has 100 valence electrons. The molecule has 0 heterocycles. The summed E-state index contributed by atoms with van der Waals surface area (Å²) in [6, 6.07) is 5.28. The van der Waals surface area contributed by atoms with E-state index in [0.717, 1.165) is 12.1 Å². The Morgan fingerprint density at radius 3 is 2.37 bits per heavy atom. The van der Waals surface area contributed by atoms with E-state index in [1.54, 1.807) is 0 Å². The van der Waals surface area contributed by atoms with E-state index in [4.69, 9.17) is 11.6 Å². The van der Waals surface area contributed by atoms with Gasteiger partial charge >= 0.3 is 0 Å². The van der Waals surface area contributed by atoms with Crippen LogP contribution in [0.1, 0.15) is 22.8 Å². The first-order valence-corrected chi connectivity index (χ1v) is 5.86. The van der Waals surface area contributed by atoms with Crippen molar-refractivity contribution in [3.8, 4) is 0 Å². The van der Waals surface area contributed by atoms with Gasteiger partial charge in [-0.25, -0.2) is 13.2 Å². The van der Waals surface area contributed by atoms with E-state index >= 15 is 0 Å².